The van der Waals surface area contributed by atoms with Crippen molar-refractivity contribution in [1.82, 2.24) is 14.9 Å². The van der Waals surface area contributed by atoms with Gasteiger partial charge in [0.2, 0.25) is 16.9 Å². The van der Waals surface area contributed by atoms with Crippen LogP contribution in [0, 0.1) is 0 Å². The van der Waals surface area contributed by atoms with Crippen molar-refractivity contribution in [1.29, 1.82) is 0 Å². The van der Waals surface area contributed by atoms with Gasteiger partial charge in [0, 0.05) is 33.0 Å². The fourth-order valence-electron chi connectivity index (χ4n) is 3.22. The number of aliphatic hydroxyl groups excluding tert-OH is 2. The van der Waals surface area contributed by atoms with Crippen LogP contribution in [0.15, 0.2) is 58.2 Å². The Labute approximate surface area is 193 Å². The van der Waals surface area contributed by atoms with Gasteiger partial charge in [-0.3, -0.25) is 9.59 Å². The molecule has 0 unspecified atom stereocenters. The maximum absolute atomic E-state index is 13.0. The van der Waals surface area contributed by atoms with E-state index in [2.05, 4.69) is 10.6 Å². The minimum Gasteiger partial charge on any atom is -0.452 e. The topological polar surface area (TPSA) is 149 Å². The Bertz CT molecular complexity index is 979. The largest absolute Gasteiger partial charge is 0.452 e. The first-order chi connectivity index (χ1) is 15.6. The van der Waals surface area contributed by atoms with Gasteiger partial charge in [0.1, 0.15) is 0 Å². The molecular formula is C22H31N3O7S. The first kappa shape index (κ1) is 26.5. The number of benzene rings is 1. The second kappa shape index (κ2) is 12.5. The minimum atomic E-state index is -4.13. The van der Waals surface area contributed by atoms with Crippen LogP contribution in [-0.2, 0) is 26.0 Å². The Morgan fingerprint density at radius 1 is 1.03 bits per heavy atom. The van der Waals surface area contributed by atoms with E-state index in [4.69, 9.17) is 4.42 Å². The summed E-state index contributed by atoms with van der Waals surface area (Å²) in [5, 5.41) is 25.6. The predicted octanol–water partition coefficient (Wildman–Crippen LogP) is 0.266. The van der Waals surface area contributed by atoms with Gasteiger partial charge in [-0.05, 0) is 31.0 Å². The summed E-state index contributed by atoms with van der Waals surface area (Å²) in [6.45, 7) is 0.767. The number of aliphatic hydroxyl groups is 2. The van der Waals surface area contributed by atoms with E-state index < -0.39 is 34.2 Å². The number of hydrogen-bond acceptors (Lipinski definition) is 7. The lowest BCUT2D eigenvalue weighted by atomic mass is 10.0. The molecule has 2 rings (SSSR count). The van der Waals surface area contributed by atoms with Crippen LogP contribution < -0.4 is 10.6 Å². The quantitative estimate of drug-likeness (QED) is 0.321. The summed E-state index contributed by atoms with van der Waals surface area (Å²) >= 11 is 0. The van der Waals surface area contributed by atoms with Crippen LogP contribution in [0.5, 0.6) is 0 Å². The molecule has 2 amide bonds. The number of amides is 2. The van der Waals surface area contributed by atoms with E-state index in [1.54, 1.807) is 0 Å². The minimum absolute atomic E-state index is 0.0164. The lowest BCUT2D eigenvalue weighted by Crippen LogP contribution is -2.51. The molecule has 10 nitrogen and oxygen atoms in total. The average Bonchev–Trinajstić information content (AvgIpc) is 3.33. The van der Waals surface area contributed by atoms with Crippen LogP contribution in [0.25, 0.3) is 0 Å². The second-order valence-corrected chi connectivity index (χ2v) is 9.58. The molecule has 2 aromatic rings. The highest BCUT2D eigenvalue weighted by Crippen LogP contribution is 2.18. The van der Waals surface area contributed by atoms with E-state index in [1.807, 2.05) is 30.3 Å². The molecule has 33 heavy (non-hydrogen) atoms. The Morgan fingerprint density at radius 3 is 2.27 bits per heavy atom. The maximum atomic E-state index is 13.0. The molecule has 1 aromatic carbocycles. The molecular weight excluding hydrogens is 450 g/mol. The number of nitrogens with one attached hydrogen (secondary N) is 2. The van der Waals surface area contributed by atoms with E-state index in [0.29, 0.717) is 0 Å². The number of nitrogens with zero attached hydrogens (tertiary/aromatic N) is 1. The molecule has 3 atom stereocenters. The lowest BCUT2D eigenvalue weighted by molar-refractivity contribution is -0.127. The van der Waals surface area contributed by atoms with Crippen molar-refractivity contribution < 1.29 is 32.6 Å². The highest BCUT2D eigenvalue weighted by Gasteiger charge is 2.33. The van der Waals surface area contributed by atoms with E-state index in [0.717, 1.165) is 9.87 Å². The van der Waals surface area contributed by atoms with Crippen molar-refractivity contribution in [2.45, 2.75) is 49.5 Å². The van der Waals surface area contributed by atoms with Crippen LogP contribution in [0.1, 0.15) is 25.3 Å². The van der Waals surface area contributed by atoms with Crippen LogP contribution >= 0.6 is 0 Å². The summed E-state index contributed by atoms with van der Waals surface area (Å²) in [5.41, 5.74) is 0.823. The van der Waals surface area contributed by atoms with Gasteiger partial charge < -0.3 is 25.3 Å². The average molecular weight is 482 g/mol. The molecule has 0 aliphatic carbocycles. The number of furan rings is 1. The SMILES string of the molecule is CNC(=O)CCC(=O)N[C@@H](Cc1ccccc1)[C@H](O)CN(C[C@@H](C)O)S(=O)(=O)c1ccco1. The number of sulfonamides is 1. The van der Waals surface area contributed by atoms with Gasteiger partial charge in [0.15, 0.2) is 0 Å². The zero-order valence-corrected chi connectivity index (χ0v) is 19.5. The van der Waals surface area contributed by atoms with Gasteiger partial charge in [0.05, 0.1) is 24.5 Å². The fourth-order valence-corrected chi connectivity index (χ4v) is 4.66. The molecule has 182 valence electrons. The van der Waals surface area contributed by atoms with Crippen molar-refractivity contribution in [3.8, 4) is 0 Å². The van der Waals surface area contributed by atoms with E-state index in [9.17, 15) is 28.2 Å². The third-order valence-corrected chi connectivity index (χ3v) is 6.63. The Kier molecular flexibility index (Phi) is 10.0. The summed E-state index contributed by atoms with van der Waals surface area (Å²) in [6.07, 6.45) is -0.961. The van der Waals surface area contributed by atoms with Crippen molar-refractivity contribution >= 4 is 21.8 Å². The molecule has 0 aliphatic heterocycles. The van der Waals surface area contributed by atoms with Gasteiger partial charge in [-0.15, -0.1) is 0 Å². The zero-order valence-electron chi connectivity index (χ0n) is 18.7. The Hall–Kier alpha value is -2.73. The van der Waals surface area contributed by atoms with Gasteiger partial charge in [-0.1, -0.05) is 30.3 Å². The molecule has 0 saturated carbocycles. The van der Waals surface area contributed by atoms with Crippen molar-refractivity contribution in [2.75, 3.05) is 20.1 Å². The molecule has 0 bridgehead atoms. The van der Waals surface area contributed by atoms with E-state index >= 15 is 0 Å². The smallest absolute Gasteiger partial charge is 0.276 e. The second-order valence-electron chi connectivity index (χ2n) is 7.71. The molecule has 4 N–H and O–H groups in total. The van der Waals surface area contributed by atoms with E-state index in [1.165, 1.54) is 32.4 Å². The number of hydrogen-bond donors (Lipinski definition) is 4. The third kappa shape index (κ3) is 8.28. The summed E-state index contributed by atoms with van der Waals surface area (Å²) in [7, 11) is -2.66. The molecule has 0 aliphatic rings. The fraction of sp³-hybridized carbons (Fsp3) is 0.455. The molecule has 1 aromatic heterocycles. The zero-order chi connectivity index (χ0) is 24.4. The standard InChI is InChI=1S/C22H31N3O7S/c1-16(26)14-25(33(30,31)22-9-6-12-32-22)15-19(27)18(13-17-7-4-3-5-8-17)24-21(29)11-10-20(28)23-2/h3-9,12,16,18-19,26-27H,10-11,13-15H2,1-2H3,(H,23,28)(H,24,29)/t16-,18+,19-/m1/s1. The molecule has 0 spiro atoms. The summed E-state index contributed by atoms with van der Waals surface area (Å²) in [6, 6.07) is 11.0. The summed E-state index contributed by atoms with van der Waals surface area (Å²) in [4.78, 5) is 23.9. The highest BCUT2D eigenvalue weighted by molar-refractivity contribution is 7.89. The van der Waals surface area contributed by atoms with Crippen LogP contribution in [0.4, 0.5) is 0 Å². The molecule has 0 radical (unpaired) electrons. The molecule has 1 heterocycles. The lowest BCUT2D eigenvalue weighted by Gasteiger charge is -2.30. The summed E-state index contributed by atoms with van der Waals surface area (Å²) < 4.78 is 31.9. The normalized spacial score (nSPS) is 14.5. The number of carbonyl (C=O) groups excluding carboxylic acids is 2. The Balaban J connectivity index is 2.21. The third-order valence-electron chi connectivity index (χ3n) is 4.92. The van der Waals surface area contributed by atoms with E-state index in [-0.39, 0.29) is 43.4 Å². The maximum Gasteiger partial charge on any atom is 0.276 e. The predicted molar refractivity (Wildman–Crippen MR) is 121 cm³/mol. The van der Waals surface area contributed by atoms with Gasteiger partial charge in [-0.2, -0.15) is 4.31 Å². The van der Waals surface area contributed by atoms with Crippen LogP contribution in [0.2, 0.25) is 0 Å². The highest BCUT2D eigenvalue weighted by atomic mass is 32.2. The van der Waals surface area contributed by atoms with Crippen LogP contribution in [-0.4, -0.2) is 73.1 Å². The first-order valence-corrected chi connectivity index (χ1v) is 12.0. The first-order valence-electron chi connectivity index (χ1n) is 10.6. The van der Waals surface area contributed by atoms with Gasteiger partial charge in [0.25, 0.3) is 10.0 Å². The van der Waals surface area contributed by atoms with Crippen molar-refractivity contribution in [2.24, 2.45) is 0 Å². The number of rotatable bonds is 13. The summed E-state index contributed by atoms with van der Waals surface area (Å²) in [5.74, 6) is -0.743. The Morgan fingerprint density at radius 2 is 1.70 bits per heavy atom. The van der Waals surface area contributed by atoms with Gasteiger partial charge in [-0.25, -0.2) is 8.42 Å². The van der Waals surface area contributed by atoms with Crippen molar-refractivity contribution in [3.05, 3.63) is 54.3 Å². The monoisotopic (exact) mass is 481 g/mol. The molecule has 0 fully saturated rings. The van der Waals surface area contributed by atoms with Gasteiger partial charge >= 0.3 is 0 Å². The van der Waals surface area contributed by atoms with Crippen molar-refractivity contribution in [3.63, 3.8) is 0 Å². The number of carbonyl (C=O) groups is 2. The molecule has 11 heteroatoms. The molecule has 0 saturated heterocycles. The van der Waals surface area contributed by atoms with Crippen LogP contribution in [0.3, 0.4) is 0 Å².